The third kappa shape index (κ3) is 8.83. The minimum atomic E-state index is -0.923. The zero-order chi connectivity index (χ0) is 36.7. The van der Waals surface area contributed by atoms with Crippen molar-refractivity contribution in [2.45, 2.75) is 131 Å². The fraction of sp³-hybridized carbons (Fsp3) is 0.605. The van der Waals surface area contributed by atoms with Gasteiger partial charge in [-0.3, -0.25) is 19.2 Å². The van der Waals surface area contributed by atoms with Gasteiger partial charge < -0.3 is 24.9 Å². The van der Waals surface area contributed by atoms with Crippen molar-refractivity contribution in [3.63, 3.8) is 0 Å². The smallest absolute Gasteiger partial charge is 0.311 e. The number of fused-ring (bicyclic) bond motifs is 4. The van der Waals surface area contributed by atoms with Gasteiger partial charge in [-0.2, -0.15) is 0 Å². The van der Waals surface area contributed by atoms with Crippen molar-refractivity contribution in [3.8, 4) is 5.75 Å². The molecule has 0 radical (unpaired) electrons. The van der Waals surface area contributed by atoms with Gasteiger partial charge in [0.15, 0.2) is 5.69 Å². The van der Waals surface area contributed by atoms with E-state index >= 15 is 0 Å². The lowest BCUT2D eigenvalue weighted by Gasteiger charge is -2.52. The van der Waals surface area contributed by atoms with Gasteiger partial charge in [0, 0.05) is 50.5 Å². The van der Waals surface area contributed by atoms with Crippen molar-refractivity contribution < 1.29 is 29.3 Å². The Morgan fingerprint density at radius 3 is 2.43 bits per heavy atom. The molecule has 1 fully saturated rings. The zero-order valence-electron chi connectivity index (χ0n) is 30.4. The molecule has 1 aromatic carbocycles. The number of nitrogens with zero attached hydrogens (tertiary/aromatic N) is 2. The average molecular weight is 687 g/mol. The number of halogens is 2. The van der Waals surface area contributed by atoms with Crippen LogP contribution in [0.2, 0.25) is 0 Å². The molecule has 1 aromatic heterocycles. The first-order valence-electron chi connectivity index (χ1n) is 17.7. The Morgan fingerprint density at radius 2 is 1.80 bits per heavy atom. The molecule has 9 nitrogen and oxygen atoms in total. The number of nitrogens with one attached hydrogen (secondary N) is 2. The molecule has 4 rings (SSSR count). The summed E-state index contributed by atoms with van der Waals surface area (Å²) in [6, 6.07) is 2.79. The summed E-state index contributed by atoms with van der Waals surface area (Å²) in [5, 5.41) is 10.9. The van der Waals surface area contributed by atoms with Crippen LogP contribution >= 0.6 is 0 Å². The first kappa shape index (κ1) is 39.5. The van der Waals surface area contributed by atoms with Crippen LogP contribution in [-0.2, 0) is 16.9 Å². The quantitative estimate of drug-likeness (QED) is 0.126. The third-order valence-corrected chi connectivity index (χ3v) is 10.1. The highest BCUT2D eigenvalue weighted by Gasteiger charge is 2.55. The van der Waals surface area contributed by atoms with E-state index in [0.717, 1.165) is 31.7 Å². The number of aromatic nitrogens is 1. The van der Waals surface area contributed by atoms with Crippen LogP contribution in [0.1, 0.15) is 141 Å². The molecule has 272 valence electrons. The summed E-state index contributed by atoms with van der Waals surface area (Å²) in [6.07, 6.45) is 7.57. The second-order valence-electron chi connectivity index (χ2n) is 14.3. The molecule has 0 aliphatic carbocycles. The maximum Gasteiger partial charge on any atom is 0.311 e. The van der Waals surface area contributed by atoms with Crippen LogP contribution in [0.15, 0.2) is 29.2 Å². The van der Waals surface area contributed by atoms with E-state index in [1.54, 1.807) is 16.4 Å². The van der Waals surface area contributed by atoms with Crippen LogP contribution in [0.25, 0.3) is 0 Å². The van der Waals surface area contributed by atoms with Gasteiger partial charge in [-0.1, -0.05) is 66.4 Å². The van der Waals surface area contributed by atoms with Gasteiger partial charge in [0.25, 0.3) is 11.8 Å². The Balaban J connectivity index is 0.00000284. The van der Waals surface area contributed by atoms with Crippen molar-refractivity contribution in [2.24, 2.45) is 11.3 Å². The summed E-state index contributed by atoms with van der Waals surface area (Å²) in [5.41, 5.74) is -2.40. The van der Waals surface area contributed by atoms with Crippen LogP contribution in [-0.4, -0.2) is 45.5 Å². The number of hydrogen-bond donors (Lipinski definition) is 2. The van der Waals surface area contributed by atoms with Gasteiger partial charge in [-0.15, -0.1) is 0 Å². The molecule has 49 heavy (non-hydrogen) atoms. The number of amides is 2. The van der Waals surface area contributed by atoms with E-state index in [2.05, 4.69) is 19.2 Å². The first-order chi connectivity index (χ1) is 23.1. The molecule has 2 N–H and O–H groups in total. The van der Waals surface area contributed by atoms with E-state index in [-0.39, 0.29) is 43.8 Å². The lowest BCUT2D eigenvalue weighted by molar-refractivity contribution is -0.134. The molecule has 0 saturated carbocycles. The van der Waals surface area contributed by atoms with Crippen molar-refractivity contribution in [2.75, 3.05) is 6.54 Å². The number of esters is 1. The lowest BCUT2D eigenvalue weighted by Crippen LogP contribution is -2.60. The fourth-order valence-corrected chi connectivity index (χ4v) is 6.98. The van der Waals surface area contributed by atoms with Crippen LogP contribution in [0.3, 0.4) is 0 Å². The van der Waals surface area contributed by atoms with E-state index in [0.29, 0.717) is 43.4 Å². The maximum atomic E-state index is 14.3. The number of unbranched alkanes of at least 4 members (excludes halogenated alkanes) is 3. The molecule has 2 aliphatic rings. The van der Waals surface area contributed by atoms with Crippen molar-refractivity contribution in [3.05, 3.63) is 63.1 Å². The summed E-state index contributed by atoms with van der Waals surface area (Å²) in [6.45, 7) is 15.9. The van der Waals surface area contributed by atoms with Gasteiger partial charge in [-0.05, 0) is 63.9 Å². The number of hydrogen-bond acceptors (Lipinski definition) is 6. The number of rotatable bonds is 13. The SMILES string of the molecule is CC.CC(=N)C[C@@]1(C)CC[C@H](C)N2C[C@@]1(C)n1cc(C(=O)NCc3ccc(F)cc3F)c(=O)c(OC(=O)CCCCCCC(C)C)c1C2=O.[HH]. The van der Waals surface area contributed by atoms with Crippen LogP contribution in [0.4, 0.5) is 8.78 Å². The molecule has 1 saturated heterocycles. The molecule has 3 heterocycles. The normalized spacial score (nSPS) is 21.3. The molecule has 0 unspecified atom stereocenters. The van der Waals surface area contributed by atoms with Crippen LogP contribution in [0, 0.1) is 28.4 Å². The Kier molecular flexibility index (Phi) is 13.5. The van der Waals surface area contributed by atoms with Gasteiger partial charge in [-0.25, -0.2) is 8.78 Å². The second kappa shape index (κ2) is 16.7. The van der Waals surface area contributed by atoms with E-state index in [1.807, 2.05) is 34.6 Å². The molecular formula is C38H56F2N4O5. The molecular weight excluding hydrogens is 630 g/mol. The van der Waals surface area contributed by atoms with Crippen molar-refractivity contribution in [1.29, 1.82) is 5.41 Å². The zero-order valence-corrected chi connectivity index (χ0v) is 30.4. The fourth-order valence-electron chi connectivity index (χ4n) is 6.98. The second-order valence-corrected chi connectivity index (χ2v) is 14.3. The number of benzene rings is 1. The molecule has 2 aromatic rings. The molecule has 3 atom stereocenters. The van der Waals surface area contributed by atoms with Gasteiger partial charge in [0.1, 0.15) is 17.2 Å². The number of carbonyl (C=O) groups excluding carboxylic acids is 3. The average Bonchev–Trinajstić information content (AvgIpc) is 3.12. The number of ether oxygens (including phenoxy) is 1. The predicted molar refractivity (Wildman–Crippen MR) is 189 cm³/mol. The molecule has 2 aliphatic heterocycles. The maximum absolute atomic E-state index is 14.3. The molecule has 2 bridgehead atoms. The largest absolute Gasteiger partial charge is 0.420 e. The van der Waals surface area contributed by atoms with Crippen molar-refractivity contribution >= 4 is 23.5 Å². The molecule has 11 heteroatoms. The topological polar surface area (TPSA) is 122 Å². The van der Waals surface area contributed by atoms with E-state index in [1.165, 1.54) is 12.3 Å². The summed E-state index contributed by atoms with van der Waals surface area (Å²) >= 11 is 0. The third-order valence-electron chi connectivity index (χ3n) is 10.1. The molecule has 2 amide bonds. The van der Waals surface area contributed by atoms with Crippen LogP contribution in [0.5, 0.6) is 5.75 Å². The highest BCUT2D eigenvalue weighted by molar-refractivity contribution is 6.00. The minimum absolute atomic E-state index is 0. The minimum Gasteiger partial charge on any atom is -0.420 e. The summed E-state index contributed by atoms with van der Waals surface area (Å²) in [7, 11) is 0. The summed E-state index contributed by atoms with van der Waals surface area (Å²) in [4.78, 5) is 56.6. The number of pyridine rings is 1. The molecule has 0 spiro atoms. The Bertz CT molecular complexity index is 1610. The summed E-state index contributed by atoms with van der Waals surface area (Å²) in [5.74, 6) is -3.52. The highest BCUT2D eigenvalue weighted by Crippen LogP contribution is 2.51. The Labute approximate surface area is 290 Å². The summed E-state index contributed by atoms with van der Waals surface area (Å²) < 4.78 is 35.1. The highest BCUT2D eigenvalue weighted by atomic mass is 19.1. The number of carbonyl (C=O) groups is 3. The van der Waals surface area contributed by atoms with E-state index in [4.69, 9.17) is 10.1 Å². The Morgan fingerprint density at radius 1 is 1.12 bits per heavy atom. The van der Waals surface area contributed by atoms with Gasteiger partial charge in [0.2, 0.25) is 11.2 Å². The Hall–Kier alpha value is -3.89. The van der Waals surface area contributed by atoms with Crippen LogP contribution < -0.4 is 15.5 Å². The standard InChI is InChI=1S/C36H48F2N4O5.C2H6.H2/c1-22(2)11-9-7-8-10-12-29(43)47-32-30-34(46)41-21-36(6,35(5,18-23(3)39)16-15-24(41)4)42(30)20-27(31(32)44)33(45)40-19-25-13-14-26(37)17-28(25)38;1-2;/h13-14,17,20,22,24,39H,7-12,15-16,18-19,21H2,1-6H3,(H,40,45);1-2H3;1H/t24-,35+,36+;;/m0../s1. The van der Waals surface area contributed by atoms with E-state index in [9.17, 15) is 28.0 Å². The monoisotopic (exact) mass is 686 g/mol. The lowest BCUT2D eigenvalue weighted by atomic mass is 9.65. The van der Waals surface area contributed by atoms with Gasteiger partial charge in [0.05, 0.1) is 5.54 Å². The first-order valence-corrected chi connectivity index (χ1v) is 17.7. The van der Waals surface area contributed by atoms with Crippen molar-refractivity contribution in [1.82, 2.24) is 14.8 Å². The van der Waals surface area contributed by atoms with E-state index < -0.39 is 51.6 Å². The van der Waals surface area contributed by atoms with Gasteiger partial charge >= 0.3 is 5.97 Å². The predicted octanol–water partition coefficient (Wildman–Crippen LogP) is 8.02.